The maximum Gasteiger partial charge on any atom is 0.195 e. The first-order chi connectivity index (χ1) is 11.0. The first-order valence-electron chi connectivity index (χ1n) is 9.07. The number of halogens is 1. The first-order valence-corrected chi connectivity index (χ1v) is 9.98. The average Bonchev–Trinajstić information content (AvgIpc) is 2.51. The quantitative estimate of drug-likeness (QED) is 0.689. The van der Waals surface area contributed by atoms with Crippen LogP contribution in [0.2, 0.25) is 0 Å². The number of aliphatic hydroxyl groups is 2. The van der Waals surface area contributed by atoms with Gasteiger partial charge in [-0.3, -0.25) is 0 Å². The second kappa shape index (κ2) is 6.17. The van der Waals surface area contributed by atoms with Gasteiger partial charge in [0.1, 0.15) is 5.60 Å². The van der Waals surface area contributed by atoms with Gasteiger partial charge in [0.25, 0.3) is 0 Å². The highest BCUT2D eigenvalue weighted by molar-refractivity contribution is 9.09. The molecule has 24 heavy (non-hydrogen) atoms. The molecule has 0 amide bonds. The topological polar surface area (TPSA) is 68.2 Å². The molecule has 5 nitrogen and oxygen atoms in total. The van der Waals surface area contributed by atoms with Gasteiger partial charge in [-0.1, -0.05) is 15.9 Å². The third kappa shape index (κ3) is 3.08. The Labute approximate surface area is 153 Å². The van der Waals surface area contributed by atoms with Crippen molar-refractivity contribution in [2.75, 3.05) is 6.61 Å². The maximum absolute atomic E-state index is 11.4. The largest absolute Gasteiger partial charge is 0.394 e. The highest BCUT2D eigenvalue weighted by atomic mass is 79.9. The zero-order valence-corrected chi connectivity index (χ0v) is 16.8. The van der Waals surface area contributed by atoms with Crippen LogP contribution in [-0.2, 0) is 14.2 Å². The lowest BCUT2D eigenvalue weighted by Crippen LogP contribution is -2.68. The molecule has 3 heterocycles. The summed E-state index contributed by atoms with van der Waals surface area (Å²) in [7, 11) is 0. The number of fused-ring (bicyclic) bond motifs is 1. The molecule has 3 rings (SSSR count). The third-order valence-electron chi connectivity index (χ3n) is 6.31. The predicted octanol–water partition coefficient (Wildman–Crippen LogP) is 2.90. The van der Waals surface area contributed by atoms with Crippen molar-refractivity contribution >= 4 is 15.9 Å². The van der Waals surface area contributed by atoms with E-state index in [9.17, 15) is 10.2 Å². The fourth-order valence-electron chi connectivity index (χ4n) is 4.51. The van der Waals surface area contributed by atoms with Crippen LogP contribution in [0.3, 0.4) is 0 Å². The summed E-state index contributed by atoms with van der Waals surface area (Å²) in [6, 6.07) is 0. The lowest BCUT2D eigenvalue weighted by Gasteiger charge is -2.58. The van der Waals surface area contributed by atoms with Gasteiger partial charge in [-0.15, -0.1) is 0 Å². The smallest absolute Gasteiger partial charge is 0.195 e. The molecule has 3 aliphatic rings. The molecule has 0 spiro atoms. The molecule has 2 N–H and O–H groups in total. The molecule has 3 fully saturated rings. The van der Waals surface area contributed by atoms with Crippen LogP contribution in [0.25, 0.3) is 0 Å². The summed E-state index contributed by atoms with van der Waals surface area (Å²) in [6.45, 7) is 8.14. The highest BCUT2D eigenvalue weighted by Crippen LogP contribution is 2.51. The zero-order chi connectivity index (χ0) is 17.8. The highest BCUT2D eigenvalue weighted by Gasteiger charge is 2.61. The van der Waals surface area contributed by atoms with E-state index in [0.717, 1.165) is 25.7 Å². The van der Waals surface area contributed by atoms with E-state index in [2.05, 4.69) is 29.8 Å². The maximum atomic E-state index is 11.4. The monoisotopic (exact) mass is 406 g/mol. The van der Waals surface area contributed by atoms with Crippen LogP contribution in [0.1, 0.15) is 66.2 Å². The minimum Gasteiger partial charge on any atom is -0.394 e. The van der Waals surface area contributed by atoms with Crippen molar-refractivity contribution in [1.29, 1.82) is 0 Å². The third-order valence-corrected chi connectivity index (χ3v) is 7.87. The molecule has 0 aromatic carbocycles. The number of ether oxygens (including phenoxy) is 3. The Bertz CT molecular complexity index is 486. The fourth-order valence-corrected chi connectivity index (χ4v) is 4.83. The second-order valence-corrected chi connectivity index (χ2v) is 9.75. The van der Waals surface area contributed by atoms with Gasteiger partial charge in [-0.25, -0.2) is 0 Å². The Kier molecular flexibility index (Phi) is 4.90. The summed E-state index contributed by atoms with van der Waals surface area (Å²) in [6.07, 6.45) is 4.07. The van der Waals surface area contributed by atoms with Gasteiger partial charge < -0.3 is 24.4 Å². The van der Waals surface area contributed by atoms with E-state index in [-0.39, 0.29) is 29.2 Å². The normalized spacial score (nSPS) is 51.9. The molecule has 3 saturated heterocycles. The van der Waals surface area contributed by atoms with Gasteiger partial charge in [0.2, 0.25) is 0 Å². The van der Waals surface area contributed by atoms with E-state index in [1.807, 2.05) is 13.8 Å². The summed E-state index contributed by atoms with van der Waals surface area (Å²) in [5, 5.41) is 20.8. The van der Waals surface area contributed by atoms with Crippen LogP contribution in [-0.4, -0.2) is 56.4 Å². The van der Waals surface area contributed by atoms with Crippen molar-refractivity contribution in [3.8, 4) is 0 Å². The van der Waals surface area contributed by atoms with E-state index < -0.39 is 17.0 Å². The van der Waals surface area contributed by atoms with Crippen LogP contribution >= 0.6 is 15.9 Å². The van der Waals surface area contributed by atoms with Crippen molar-refractivity contribution in [3.63, 3.8) is 0 Å². The molecule has 0 aromatic heterocycles. The minimum atomic E-state index is -1.31. The average molecular weight is 407 g/mol. The summed E-state index contributed by atoms with van der Waals surface area (Å²) in [5.74, 6) is -1.31. The van der Waals surface area contributed by atoms with E-state index in [1.165, 1.54) is 0 Å². The Balaban J connectivity index is 1.78. The van der Waals surface area contributed by atoms with Crippen LogP contribution in [0, 0.1) is 0 Å². The minimum absolute atomic E-state index is 0.0359. The van der Waals surface area contributed by atoms with Crippen LogP contribution in [0.5, 0.6) is 0 Å². The second-order valence-electron chi connectivity index (χ2n) is 8.65. The number of alkyl halides is 1. The van der Waals surface area contributed by atoms with Gasteiger partial charge in [-0.2, -0.15) is 0 Å². The van der Waals surface area contributed by atoms with Crippen LogP contribution in [0.4, 0.5) is 0 Å². The van der Waals surface area contributed by atoms with Crippen molar-refractivity contribution in [1.82, 2.24) is 0 Å². The summed E-state index contributed by atoms with van der Waals surface area (Å²) in [4.78, 5) is 0.263. The molecule has 140 valence electrons. The molecule has 3 aliphatic heterocycles. The first kappa shape index (κ1) is 19.1. The Morgan fingerprint density at radius 2 is 1.71 bits per heavy atom. The summed E-state index contributed by atoms with van der Waals surface area (Å²) < 4.78 is 18.7. The molecular weight excluding hydrogens is 376 g/mol. The predicted molar refractivity (Wildman–Crippen MR) is 94.2 cm³/mol. The number of hydrogen-bond donors (Lipinski definition) is 2. The van der Waals surface area contributed by atoms with E-state index >= 15 is 0 Å². The van der Waals surface area contributed by atoms with Crippen molar-refractivity contribution < 1.29 is 24.4 Å². The van der Waals surface area contributed by atoms with Gasteiger partial charge in [0.15, 0.2) is 5.79 Å². The molecule has 6 heteroatoms. The van der Waals surface area contributed by atoms with Gasteiger partial charge in [0.05, 0.1) is 30.0 Å². The molecule has 0 aromatic rings. The summed E-state index contributed by atoms with van der Waals surface area (Å²) >= 11 is 3.69. The van der Waals surface area contributed by atoms with E-state index in [0.29, 0.717) is 12.8 Å². The molecule has 0 bridgehead atoms. The standard InChI is InChI=1S/C18H31BrO5/c1-15(2)13(19)7-8-17(4,24-15)18(21)10-9-16(3)14(23-18)6-5-12(11-20)22-16/h12-14,20-21H,5-11H2,1-4H3/t12-,13-,14-,16+,17+,18?/m1/s1. The van der Waals surface area contributed by atoms with Crippen molar-refractivity contribution in [3.05, 3.63) is 0 Å². The van der Waals surface area contributed by atoms with Gasteiger partial charge in [-0.05, 0) is 59.8 Å². The number of hydrogen-bond acceptors (Lipinski definition) is 5. The Hall–Kier alpha value is 0.280. The fraction of sp³-hybridized carbons (Fsp3) is 1.00. The van der Waals surface area contributed by atoms with Crippen LogP contribution in [0.15, 0.2) is 0 Å². The van der Waals surface area contributed by atoms with Crippen molar-refractivity contribution in [2.24, 2.45) is 0 Å². The van der Waals surface area contributed by atoms with E-state index in [4.69, 9.17) is 14.2 Å². The van der Waals surface area contributed by atoms with Crippen molar-refractivity contribution in [2.45, 2.75) is 106 Å². The number of rotatable bonds is 2. The van der Waals surface area contributed by atoms with Gasteiger partial charge in [0, 0.05) is 11.2 Å². The molecule has 0 saturated carbocycles. The molecule has 6 atom stereocenters. The van der Waals surface area contributed by atoms with E-state index in [1.54, 1.807) is 0 Å². The lowest BCUT2D eigenvalue weighted by molar-refractivity contribution is -0.394. The van der Waals surface area contributed by atoms with Gasteiger partial charge >= 0.3 is 0 Å². The SMILES string of the molecule is CC1(C)O[C@](C)(C2(O)CC[C@]3(C)O[C@@H](CO)CC[C@H]3O2)CC[C@H]1Br. The summed E-state index contributed by atoms with van der Waals surface area (Å²) in [5.41, 5.74) is -1.55. The number of aliphatic hydroxyl groups excluding tert-OH is 1. The molecule has 0 aliphatic carbocycles. The molecular formula is C18H31BrO5. The lowest BCUT2D eigenvalue weighted by atomic mass is 9.75. The Morgan fingerprint density at radius 1 is 1.00 bits per heavy atom. The van der Waals surface area contributed by atoms with Crippen LogP contribution < -0.4 is 0 Å². The molecule has 1 unspecified atom stereocenters. The molecule has 0 radical (unpaired) electrons. The zero-order valence-electron chi connectivity index (χ0n) is 15.2. The Morgan fingerprint density at radius 3 is 2.33 bits per heavy atom.